The van der Waals surface area contributed by atoms with E-state index in [2.05, 4.69) is 32.6 Å². The standard InChI is InChI=1S/C13H28N2O/c1-10(2)8-13(14,11(3)4)12(16)6-7-15(5)9-12/h10-11,16H,6-9,14H2,1-5H3. The SMILES string of the molecule is CC(C)CC(N)(C(C)C)C1(O)CCN(C)C1. The van der Waals surface area contributed by atoms with Crippen LogP contribution in [-0.2, 0) is 0 Å². The summed E-state index contributed by atoms with van der Waals surface area (Å²) in [6.45, 7) is 10.2. The molecule has 0 amide bonds. The summed E-state index contributed by atoms with van der Waals surface area (Å²) in [7, 11) is 2.05. The zero-order valence-electron chi connectivity index (χ0n) is 11.5. The molecule has 1 rings (SSSR count). The topological polar surface area (TPSA) is 49.5 Å². The number of β-amino-alcohol motifs (C(OH)–C–C–N with tert-alkyl or cyclic N) is 1. The van der Waals surface area contributed by atoms with E-state index in [-0.39, 0.29) is 0 Å². The lowest BCUT2D eigenvalue weighted by Gasteiger charge is -2.46. The number of nitrogens with two attached hydrogens (primary N) is 1. The fraction of sp³-hybridized carbons (Fsp3) is 1.00. The van der Waals surface area contributed by atoms with Crippen molar-refractivity contribution in [1.29, 1.82) is 0 Å². The van der Waals surface area contributed by atoms with Crippen LogP contribution in [0.4, 0.5) is 0 Å². The van der Waals surface area contributed by atoms with E-state index < -0.39 is 11.1 Å². The number of hydrogen-bond donors (Lipinski definition) is 2. The van der Waals surface area contributed by atoms with E-state index in [0.717, 1.165) is 19.4 Å². The summed E-state index contributed by atoms with van der Waals surface area (Å²) in [5.74, 6) is 0.814. The van der Waals surface area contributed by atoms with E-state index in [4.69, 9.17) is 5.73 Å². The Bertz CT molecular complexity index is 242. The van der Waals surface area contributed by atoms with E-state index in [1.165, 1.54) is 0 Å². The fourth-order valence-electron chi connectivity index (χ4n) is 3.00. The molecule has 0 aliphatic carbocycles. The molecule has 2 atom stereocenters. The Balaban J connectivity index is 2.92. The Kier molecular flexibility index (Phi) is 4.04. The number of likely N-dealkylation sites (N-methyl/N-ethyl adjacent to an activating group) is 1. The van der Waals surface area contributed by atoms with Crippen LogP contribution in [0.5, 0.6) is 0 Å². The van der Waals surface area contributed by atoms with Crippen LogP contribution in [0.1, 0.15) is 40.5 Å². The number of likely N-dealkylation sites (tertiary alicyclic amines) is 1. The van der Waals surface area contributed by atoms with E-state index in [0.29, 0.717) is 18.4 Å². The maximum atomic E-state index is 10.8. The highest BCUT2D eigenvalue weighted by Crippen LogP contribution is 2.39. The molecule has 1 aliphatic heterocycles. The van der Waals surface area contributed by atoms with Gasteiger partial charge in [0.1, 0.15) is 0 Å². The molecular weight excluding hydrogens is 200 g/mol. The van der Waals surface area contributed by atoms with Gasteiger partial charge in [-0.1, -0.05) is 27.7 Å². The van der Waals surface area contributed by atoms with E-state index >= 15 is 0 Å². The Hall–Kier alpha value is -0.120. The quantitative estimate of drug-likeness (QED) is 0.766. The Morgan fingerprint density at radius 3 is 2.25 bits per heavy atom. The van der Waals surface area contributed by atoms with Crippen molar-refractivity contribution in [2.24, 2.45) is 17.6 Å². The molecule has 0 spiro atoms. The Labute approximate surface area is 100 Å². The molecule has 0 saturated carbocycles. The molecule has 3 heteroatoms. The van der Waals surface area contributed by atoms with Crippen molar-refractivity contribution in [1.82, 2.24) is 4.90 Å². The summed E-state index contributed by atoms with van der Waals surface area (Å²) < 4.78 is 0. The van der Waals surface area contributed by atoms with Crippen molar-refractivity contribution in [3.8, 4) is 0 Å². The number of hydrogen-bond acceptors (Lipinski definition) is 3. The minimum atomic E-state index is -0.722. The molecule has 1 saturated heterocycles. The molecule has 0 radical (unpaired) electrons. The fourth-order valence-corrected chi connectivity index (χ4v) is 3.00. The lowest BCUT2D eigenvalue weighted by atomic mass is 9.68. The van der Waals surface area contributed by atoms with Crippen LogP contribution in [0.15, 0.2) is 0 Å². The van der Waals surface area contributed by atoms with Crippen LogP contribution in [-0.4, -0.2) is 41.3 Å². The average molecular weight is 228 g/mol. The molecule has 96 valence electrons. The first-order valence-electron chi connectivity index (χ1n) is 6.41. The molecule has 0 aromatic carbocycles. The zero-order valence-corrected chi connectivity index (χ0v) is 11.5. The van der Waals surface area contributed by atoms with Gasteiger partial charge >= 0.3 is 0 Å². The van der Waals surface area contributed by atoms with Crippen LogP contribution in [0, 0.1) is 11.8 Å². The van der Waals surface area contributed by atoms with Crippen LogP contribution < -0.4 is 5.73 Å². The Morgan fingerprint density at radius 2 is 1.94 bits per heavy atom. The van der Waals surface area contributed by atoms with Crippen molar-refractivity contribution in [3.05, 3.63) is 0 Å². The highest BCUT2D eigenvalue weighted by Gasteiger charge is 2.52. The zero-order chi connectivity index (χ0) is 12.6. The maximum absolute atomic E-state index is 10.8. The number of nitrogens with zero attached hydrogens (tertiary/aromatic N) is 1. The minimum absolute atomic E-state index is 0.298. The average Bonchev–Trinajstić information content (AvgIpc) is 2.46. The summed E-state index contributed by atoms with van der Waals surface area (Å²) in [5, 5.41) is 10.8. The number of aliphatic hydroxyl groups is 1. The van der Waals surface area contributed by atoms with Crippen LogP contribution in [0.25, 0.3) is 0 Å². The van der Waals surface area contributed by atoms with Gasteiger partial charge in [-0.3, -0.25) is 0 Å². The lowest BCUT2D eigenvalue weighted by Crippen LogP contribution is -2.65. The normalized spacial score (nSPS) is 31.3. The summed E-state index contributed by atoms with van der Waals surface area (Å²) in [5.41, 5.74) is 5.38. The molecule has 16 heavy (non-hydrogen) atoms. The van der Waals surface area contributed by atoms with Crippen LogP contribution in [0.2, 0.25) is 0 Å². The maximum Gasteiger partial charge on any atom is 0.0966 e. The highest BCUT2D eigenvalue weighted by atomic mass is 16.3. The third-order valence-electron chi connectivity index (χ3n) is 4.08. The monoisotopic (exact) mass is 228 g/mol. The van der Waals surface area contributed by atoms with Gasteiger partial charge in [-0.05, 0) is 31.7 Å². The predicted octanol–water partition coefficient (Wildman–Crippen LogP) is 1.45. The second kappa shape index (κ2) is 4.63. The molecule has 0 bridgehead atoms. The molecule has 2 unspecified atom stereocenters. The van der Waals surface area contributed by atoms with Gasteiger partial charge in [-0.2, -0.15) is 0 Å². The third kappa shape index (κ3) is 2.41. The van der Waals surface area contributed by atoms with Crippen molar-refractivity contribution < 1.29 is 5.11 Å². The van der Waals surface area contributed by atoms with Crippen molar-refractivity contribution in [2.75, 3.05) is 20.1 Å². The predicted molar refractivity (Wildman–Crippen MR) is 68.3 cm³/mol. The molecule has 0 aromatic heterocycles. The van der Waals surface area contributed by atoms with Crippen molar-refractivity contribution in [2.45, 2.75) is 51.7 Å². The lowest BCUT2D eigenvalue weighted by molar-refractivity contribution is -0.0548. The largest absolute Gasteiger partial charge is 0.387 e. The third-order valence-corrected chi connectivity index (χ3v) is 4.08. The summed E-state index contributed by atoms with van der Waals surface area (Å²) in [6.07, 6.45) is 1.68. The van der Waals surface area contributed by atoms with Gasteiger partial charge in [0.25, 0.3) is 0 Å². The molecule has 0 aromatic rings. The second-order valence-corrected chi connectivity index (χ2v) is 6.31. The molecule has 1 aliphatic rings. The molecular formula is C13H28N2O. The summed E-state index contributed by atoms with van der Waals surface area (Å²) >= 11 is 0. The van der Waals surface area contributed by atoms with Gasteiger partial charge in [0.15, 0.2) is 0 Å². The van der Waals surface area contributed by atoms with Gasteiger partial charge in [0.05, 0.1) is 5.60 Å². The van der Waals surface area contributed by atoms with Gasteiger partial charge in [-0.25, -0.2) is 0 Å². The first-order chi connectivity index (χ1) is 7.21. The summed E-state index contributed by atoms with van der Waals surface area (Å²) in [4.78, 5) is 2.17. The second-order valence-electron chi connectivity index (χ2n) is 6.31. The first-order valence-corrected chi connectivity index (χ1v) is 6.41. The van der Waals surface area contributed by atoms with Gasteiger partial charge in [0, 0.05) is 18.6 Å². The van der Waals surface area contributed by atoms with E-state index in [1.54, 1.807) is 0 Å². The molecule has 1 fully saturated rings. The first kappa shape index (κ1) is 13.9. The molecule has 3 nitrogen and oxygen atoms in total. The summed E-state index contributed by atoms with van der Waals surface area (Å²) in [6, 6.07) is 0. The van der Waals surface area contributed by atoms with Gasteiger partial charge in [-0.15, -0.1) is 0 Å². The van der Waals surface area contributed by atoms with E-state index in [1.807, 2.05) is 7.05 Å². The minimum Gasteiger partial charge on any atom is -0.387 e. The van der Waals surface area contributed by atoms with Crippen LogP contribution >= 0.6 is 0 Å². The van der Waals surface area contributed by atoms with E-state index in [9.17, 15) is 5.11 Å². The Morgan fingerprint density at radius 1 is 1.38 bits per heavy atom. The molecule has 1 heterocycles. The van der Waals surface area contributed by atoms with Gasteiger partial charge in [0.2, 0.25) is 0 Å². The smallest absolute Gasteiger partial charge is 0.0966 e. The van der Waals surface area contributed by atoms with Crippen molar-refractivity contribution >= 4 is 0 Å². The number of rotatable bonds is 4. The van der Waals surface area contributed by atoms with Crippen LogP contribution in [0.3, 0.4) is 0 Å². The highest BCUT2D eigenvalue weighted by molar-refractivity contribution is 5.09. The van der Waals surface area contributed by atoms with Gasteiger partial charge < -0.3 is 15.7 Å². The molecule has 3 N–H and O–H groups in total. The van der Waals surface area contributed by atoms with Crippen molar-refractivity contribution in [3.63, 3.8) is 0 Å².